The molecule has 3 rings (SSSR count). The highest BCUT2D eigenvalue weighted by Crippen LogP contribution is 2.22. The molecular weight excluding hydrogens is 511 g/mol. The average Bonchev–Trinajstić information content (AvgIpc) is 2.88. The monoisotopic (exact) mass is 536 g/mol. The SMILES string of the molecule is CC(C)CC(NC(=O)c1ccc(Cl)cc1)C(=O)N/N=C/c1cc(Cl)ccc1OCc1ccc(C#N)cc1. The van der Waals surface area contributed by atoms with Gasteiger partial charge in [-0.3, -0.25) is 9.59 Å². The summed E-state index contributed by atoms with van der Waals surface area (Å²) in [6.07, 6.45) is 1.86. The van der Waals surface area contributed by atoms with Crippen LogP contribution >= 0.6 is 23.2 Å². The van der Waals surface area contributed by atoms with E-state index in [1.54, 1.807) is 54.6 Å². The number of nitrogens with zero attached hydrogens (tertiary/aromatic N) is 2. The lowest BCUT2D eigenvalue weighted by Gasteiger charge is -2.19. The first-order valence-electron chi connectivity index (χ1n) is 11.6. The minimum absolute atomic E-state index is 0.153. The number of hydrogen-bond donors (Lipinski definition) is 2. The number of rotatable bonds is 10. The predicted octanol–water partition coefficient (Wildman–Crippen LogP) is 5.74. The van der Waals surface area contributed by atoms with Gasteiger partial charge in [0.25, 0.3) is 11.8 Å². The second kappa shape index (κ2) is 13.4. The van der Waals surface area contributed by atoms with Crippen molar-refractivity contribution in [2.75, 3.05) is 0 Å². The van der Waals surface area contributed by atoms with Crippen LogP contribution in [-0.4, -0.2) is 24.1 Å². The van der Waals surface area contributed by atoms with E-state index in [1.165, 1.54) is 6.21 Å². The van der Waals surface area contributed by atoms with Crippen LogP contribution in [0.2, 0.25) is 10.0 Å². The maximum absolute atomic E-state index is 12.9. The highest BCUT2D eigenvalue weighted by atomic mass is 35.5. The summed E-state index contributed by atoms with van der Waals surface area (Å²) in [5.74, 6) is -0.161. The van der Waals surface area contributed by atoms with E-state index < -0.39 is 11.9 Å². The van der Waals surface area contributed by atoms with Gasteiger partial charge in [0.2, 0.25) is 0 Å². The predicted molar refractivity (Wildman–Crippen MR) is 145 cm³/mol. The lowest BCUT2D eigenvalue weighted by atomic mass is 10.0. The minimum atomic E-state index is -0.785. The maximum atomic E-state index is 12.9. The molecule has 0 fully saturated rings. The number of carbonyl (C=O) groups excluding carboxylic acids is 2. The molecule has 9 heteroatoms. The summed E-state index contributed by atoms with van der Waals surface area (Å²) in [6, 6.07) is 19.9. The molecule has 0 heterocycles. The van der Waals surface area contributed by atoms with Crippen LogP contribution in [0, 0.1) is 17.2 Å². The second-order valence-corrected chi connectivity index (χ2v) is 9.55. The van der Waals surface area contributed by atoms with Gasteiger partial charge in [0.05, 0.1) is 17.8 Å². The Balaban J connectivity index is 1.66. The topological polar surface area (TPSA) is 104 Å². The van der Waals surface area contributed by atoms with E-state index in [4.69, 9.17) is 33.2 Å². The first-order chi connectivity index (χ1) is 17.7. The zero-order valence-electron chi connectivity index (χ0n) is 20.4. The summed E-state index contributed by atoms with van der Waals surface area (Å²) < 4.78 is 5.91. The Morgan fingerprint density at radius 1 is 1.03 bits per heavy atom. The molecule has 2 N–H and O–H groups in total. The van der Waals surface area contributed by atoms with Gasteiger partial charge in [0.15, 0.2) is 0 Å². The van der Waals surface area contributed by atoms with E-state index in [0.717, 1.165) is 5.56 Å². The number of ether oxygens (including phenoxy) is 1. The van der Waals surface area contributed by atoms with Crippen molar-refractivity contribution in [1.29, 1.82) is 5.26 Å². The zero-order chi connectivity index (χ0) is 26.8. The minimum Gasteiger partial charge on any atom is -0.488 e. The number of nitriles is 1. The molecule has 3 aromatic rings. The molecule has 0 bridgehead atoms. The van der Waals surface area contributed by atoms with Crippen molar-refractivity contribution in [2.24, 2.45) is 11.0 Å². The molecule has 190 valence electrons. The second-order valence-electron chi connectivity index (χ2n) is 8.68. The van der Waals surface area contributed by atoms with E-state index in [1.807, 2.05) is 26.0 Å². The zero-order valence-corrected chi connectivity index (χ0v) is 21.9. The van der Waals surface area contributed by atoms with Crippen LogP contribution in [0.25, 0.3) is 0 Å². The van der Waals surface area contributed by atoms with Crippen molar-refractivity contribution in [3.63, 3.8) is 0 Å². The third-order valence-corrected chi connectivity index (χ3v) is 5.75. The molecule has 0 aliphatic rings. The lowest BCUT2D eigenvalue weighted by molar-refractivity contribution is -0.123. The molecule has 0 spiro atoms. The van der Waals surface area contributed by atoms with Gasteiger partial charge >= 0.3 is 0 Å². The Hall–Kier alpha value is -3.86. The number of nitrogens with one attached hydrogen (secondary N) is 2. The number of hydrogen-bond acceptors (Lipinski definition) is 5. The van der Waals surface area contributed by atoms with E-state index in [2.05, 4.69) is 21.9 Å². The number of benzene rings is 3. The van der Waals surface area contributed by atoms with Gasteiger partial charge in [-0.05, 0) is 72.5 Å². The first kappa shape index (κ1) is 27.7. The van der Waals surface area contributed by atoms with Gasteiger partial charge < -0.3 is 10.1 Å². The summed E-state index contributed by atoms with van der Waals surface area (Å²) in [7, 11) is 0. The Labute approximate surface area is 226 Å². The number of hydrazone groups is 1. The highest BCUT2D eigenvalue weighted by molar-refractivity contribution is 6.31. The Bertz CT molecular complexity index is 1300. The lowest BCUT2D eigenvalue weighted by Crippen LogP contribution is -2.46. The van der Waals surface area contributed by atoms with Crippen molar-refractivity contribution in [1.82, 2.24) is 10.7 Å². The molecule has 1 atom stereocenters. The molecule has 0 aliphatic heterocycles. The third kappa shape index (κ3) is 8.64. The fourth-order valence-corrected chi connectivity index (χ4v) is 3.68. The Kier molecular flexibility index (Phi) is 10.1. The van der Waals surface area contributed by atoms with Gasteiger partial charge in [-0.25, -0.2) is 5.43 Å². The molecule has 0 radical (unpaired) electrons. The summed E-state index contributed by atoms with van der Waals surface area (Å²) in [6.45, 7) is 4.19. The fraction of sp³-hybridized carbons (Fsp3) is 0.214. The molecule has 7 nitrogen and oxygen atoms in total. The maximum Gasteiger partial charge on any atom is 0.262 e. The molecule has 0 aromatic heterocycles. The van der Waals surface area contributed by atoms with Gasteiger partial charge in [0.1, 0.15) is 18.4 Å². The molecule has 0 aliphatic carbocycles. The van der Waals surface area contributed by atoms with Crippen molar-refractivity contribution >= 4 is 41.2 Å². The smallest absolute Gasteiger partial charge is 0.262 e. The third-order valence-electron chi connectivity index (χ3n) is 5.26. The summed E-state index contributed by atoms with van der Waals surface area (Å²) in [4.78, 5) is 25.5. The van der Waals surface area contributed by atoms with Gasteiger partial charge in [-0.1, -0.05) is 49.2 Å². The highest BCUT2D eigenvalue weighted by Gasteiger charge is 2.22. The largest absolute Gasteiger partial charge is 0.488 e. The number of carbonyl (C=O) groups is 2. The van der Waals surface area contributed by atoms with Crippen LogP contribution in [0.4, 0.5) is 0 Å². The quantitative estimate of drug-likeness (QED) is 0.254. The Morgan fingerprint density at radius 3 is 2.35 bits per heavy atom. The van der Waals surface area contributed by atoms with Crippen molar-refractivity contribution in [3.05, 3.63) is 99.0 Å². The van der Waals surface area contributed by atoms with Crippen LogP contribution < -0.4 is 15.5 Å². The van der Waals surface area contributed by atoms with Crippen LogP contribution in [0.5, 0.6) is 5.75 Å². The molecular formula is C28H26Cl2N4O3. The first-order valence-corrected chi connectivity index (χ1v) is 12.3. The molecule has 2 amide bonds. The van der Waals surface area contributed by atoms with Crippen molar-refractivity contribution in [3.8, 4) is 11.8 Å². The number of amides is 2. The molecule has 3 aromatic carbocycles. The molecule has 0 saturated heterocycles. The van der Waals surface area contributed by atoms with Crippen LogP contribution in [-0.2, 0) is 11.4 Å². The number of halogens is 2. The van der Waals surface area contributed by atoms with E-state index in [0.29, 0.717) is 38.9 Å². The normalized spacial score (nSPS) is 11.7. The van der Waals surface area contributed by atoms with Gasteiger partial charge in [0, 0.05) is 21.2 Å². The van der Waals surface area contributed by atoms with E-state index in [-0.39, 0.29) is 18.4 Å². The van der Waals surface area contributed by atoms with Gasteiger partial charge in [-0.2, -0.15) is 10.4 Å². The standard InChI is InChI=1S/C28H26Cl2N4O3/c1-18(2)13-25(33-27(35)21-7-9-23(29)10-8-21)28(36)34-32-16-22-14-24(30)11-12-26(22)37-17-20-5-3-19(15-31)4-6-20/h3-12,14,16,18,25H,13,17H2,1-2H3,(H,33,35)(H,34,36)/b32-16+. The van der Waals surface area contributed by atoms with Crippen LogP contribution in [0.15, 0.2) is 71.8 Å². The van der Waals surface area contributed by atoms with Crippen LogP contribution in [0.3, 0.4) is 0 Å². The molecule has 1 unspecified atom stereocenters. The molecule has 37 heavy (non-hydrogen) atoms. The van der Waals surface area contributed by atoms with Crippen LogP contribution in [0.1, 0.15) is 47.3 Å². The average molecular weight is 537 g/mol. The summed E-state index contributed by atoms with van der Waals surface area (Å²) in [5.41, 5.74) is 4.92. The van der Waals surface area contributed by atoms with Crippen molar-refractivity contribution in [2.45, 2.75) is 32.9 Å². The summed E-state index contributed by atoms with van der Waals surface area (Å²) >= 11 is 12.0. The fourth-order valence-electron chi connectivity index (χ4n) is 3.38. The van der Waals surface area contributed by atoms with Crippen molar-refractivity contribution < 1.29 is 14.3 Å². The van der Waals surface area contributed by atoms with E-state index >= 15 is 0 Å². The van der Waals surface area contributed by atoms with E-state index in [9.17, 15) is 9.59 Å². The summed E-state index contributed by atoms with van der Waals surface area (Å²) in [5, 5.41) is 16.8. The molecule has 0 saturated carbocycles. The van der Waals surface area contributed by atoms with Gasteiger partial charge in [-0.15, -0.1) is 0 Å². The Morgan fingerprint density at radius 2 is 1.70 bits per heavy atom.